The first-order valence-electron chi connectivity index (χ1n) is 13.9. The van der Waals surface area contributed by atoms with Gasteiger partial charge in [-0.05, 0) is 79.9 Å². The third-order valence-electron chi connectivity index (χ3n) is 6.68. The van der Waals surface area contributed by atoms with Gasteiger partial charge in [-0.2, -0.15) is 0 Å². The second kappa shape index (κ2) is 13.0. The molecule has 44 heavy (non-hydrogen) atoms. The minimum atomic E-state index is -4.14. The first-order valence-corrected chi connectivity index (χ1v) is 15.4. The highest BCUT2D eigenvalue weighted by molar-refractivity contribution is 7.89. The number of nitrogens with two attached hydrogens (primary N) is 1. The summed E-state index contributed by atoms with van der Waals surface area (Å²) in [5.41, 5.74) is 2.06. The Kier molecular flexibility index (Phi) is 8.94. The monoisotopic (exact) mass is 609 g/mol. The van der Waals surface area contributed by atoms with E-state index in [4.69, 9.17) is 34.9 Å². The Morgan fingerprint density at radius 1 is 0.659 bits per heavy atom. The Morgan fingerprint density at radius 3 is 1.75 bits per heavy atom. The minimum Gasteiger partial charge on any atom is -0.478 e. The average molecular weight is 610 g/mol. The van der Waals surface area contributed by atoms with Crippen LogP contribution >= 0.6 is 0 Å². The van der Waals surface area contributed by atoms with Gasteiger partial charge in [-0.3, -0.25) is 10.8 Å². The molecule has 0 aliphatic carbocycles. The van der Waals surface area contributed by atoms with E-state index in [0.29, 0.717) is 63.9 Å². The Morgan fingerprint density at radius 2 is 1.18 bits per heavy atom. The standard InChI is InChI=1S/C34H31N3O6S/c1-3-40-33(35)23-9-14-25(15-10-23)42-27-18-20-29(30-19-13-22-7-5-6-8-28(22)32(30)44(37,38)39)31(21-27)43-26-16-11-24(12-17-26)34(36)41-4-2/h5-21,35-36H,3-4H2,1-2H3,(H2,37,38,39). The first-order chi connectivity index (χ1) is 21.2. The van der Waals surface area contributed by atoms with Crippen molar-refractivity contribution in [3.05, 3.63) is 114 Å². The van der Waals surface area contributed by atoms with E-state index in [0.717, 1.165) is 5.39 Å². The van der Waals surface area contributed by atoms with Crippen LogP contribution < -0.4 is 14.6 Å². The number of primary sulfonamides is 1. The van der Waals surface area contributed by atoms with Crippen LogP contribution in [0.5, 0.6) is 23.0 Å². The highest BCUT2D eigenvalue weighted by Crippen LogP contribution is 2.42. The molecule has 0 aliphatic rings. The molecule has 9 nitrogen and oxygen atoms in total. The molecule has 0 aliphatic heterocycles. The zero-order valence-corrected chi connectivity index (χ0v) is 25.0. The molecule has 0 radical (unpaired) electrons. The third kappa shape index (κ3) is 6.72. The summed E-state index contributed by atoms with van der Waals surface area (Å²) in [6.45, 7) is 4.41. The molecule has 10 heteroatoms. The summed E-state index contributed by atoms with van der Waals surface area (Å²) >= 11 is 0. The zero-order chi connectivity index (χ0) is 31.3. The molecule has 0 amide bonds. The van der Waals surface area contributed by atoms with E-state index in [9.17, 15) is 8.42 Å². The van der Waals surface area contributed by atoms with Gasteiger partial charge in [0.2, 0.25) is 21.8 Å². The van der Waals surface area contributed by atoms with Gasteiger partial charge in [-0.1, -0.05) is 36.4 Å². The number of benzene rings is 5. The molecule has 0 heterocycles. The maximum absolute atomic E-state index is 12.9. The summed E-state index contributed by atoms with van der Waals surface area (Å²) in [5.74, 6) is 1.85. The minimum absolute atomic E-state index is 0.0121. The fourth-order valence-corrected chi connectivity index (χ4v) is 5.68. The second-order valence-electron chi connectivity index (χ2n) is 9.64. The van der Waals surface area contributed by atoms with Gasteiger partial charge in [0.05, 0.1) is 18.1 Å². The predicted octanol–water partition coefficient (Wildman–Crippen LogP) is 7.46. The van der Waals surface area contributed by atoms with Gasteiger partial charge in [0.15, 0.2) is 0 Å². The van der Waals surface area contributed by atoms with Crippen LogP contribution in [0.3, 0.4) is 0 Å². The molecule has 5 rings (SSSR count). The van der Waals surface area contributed by atoms with E-state index >= 15 is 0 Å². The summed E-state index contributed by atoms with van der Waals surface area (Å²) in [7, 11) is -4.14. The van der Waals surface area contributed by atoms with Crippen molar-refractivity contribution in [1.29, 1.82) is 10.8 Å². The SMILES string of the molecule is CCOC(=N)c1ccc(Oc2ccc(-c3ccc4ccccc4c3S(N)(=O)=O)c(Oc3ccc(C(=N)OCC)cc3)c2)cc1. The van der Waals surface area contributed by atoms with E-state index in [1.165, 1.54) is 0 Å². The zero-order valence-electron chi connectivity index (χ0n) is 24.2. The van der Waals surface area contributed by atoms with Crippen molar-refractivity contribution in [1.82, 2.24) is 0 Å². The van der Waals surface area contributed by atoms with Crippen LogP contribution in [-0.4, -0.2) is 33.4 Å². The molecule has 0 fully saturated rings. The summed E-state index contributed by atoms with van der Waals surface area (Å²) in [4.78, 5) is -0.0121. The van der Waals surface area contributed by atoms with Crippen molar-refractivity contribution in [3.8, 4) is 34.1 Å². The topological polar surface area (TPSA) is 145 Å². The van der Waals surface area contributed by atoms with Gasteiger partial charge < -0.3 is 18.9 Å². The lowest BCUT2D eigenvalue weighted by Crippen LogP contribution is -2.14. The number of fused-ring (bicyclic) bond motifs is 1. The van der Waals surface area contributed by atoms with Gasteiger partial charge in [0.25, 0.3) is 0 Å². The fraction of sp³-hybridized carbons (Fsp3) is 0.118. The van der Waals surface area contributed by atoms with Crippen molar-refractivity contribution in [3.63, 3.8) is 0 Å². The van der Waals surface area contributed by atoms with E-state index in [-0.39, 0.29) is 16.7 Å². The quantitative estimate of drug-likeness (QED) is 0.111. The van der Waals surface area contributed by atoms with Crippen LogP contribution in [0.1, 0.15) is 25.0 Å². The van der Waals surface area contributed by atoms with Crippen molar-refractivity contribution in [2.75, 3.05) is 13.2 Å². The molecule has 5 aromatic rings. The largest absolute Gasteiger partial charge is 0.478 e. The molecule has 4 N–H and O–H groups in total. The number of ether oxygens (including phenoxy) is 4. The molecule has 224 valence electrons. The summed E-state index contributed by atoms with van der Waals surface area (Å²) in [5, 5.41) is 23.0. The van der Waals surface area contributed by atoms with Crippen molar-refractivity contribution >= 4 is 32.6 Å². The van der Waals surface area contributed by atoms with Gasteiger partial charge in [0, 0.05) is 33.7 Å². The van der Waals surface area contributed by atoms with Crippen LogP contribution in [0, 0.1) is 10.8 Å². The van der Waals surface area contributed by atoms with Crippen LogP contribution in [0.25, 0.3) is 21.9 Å². The number of sulfonamides is 1. The predicted molar refractivity (Wildman–Crippen MR) is 171 cm³/mol. The Labute approximate surface area is 255 Å². The van der Waals surface area contributed by atoms with Gasteiger partial charge in [-0.15, -0.1) is 0 Å². The van der Waals surface area contributed by atoms with Crippen LogP contribution in [0.15, 0.2) is 108 Å². The van der Waals surface area contributed by atoms with E-state index in [1.807, 2.05) is 32.0 Å². The Bertz CT molecular complexity index is 1940. The maximum Gasteiger partial charge on any atom is 0.239 e. The molecular formula is C34H31N3O6S. The fourth-order valence-electron chi connectivity index (χ4n) is 4.70. The van der Waals surface area contributed by atoms with E-state index in [2.05, 4.69) is 0 Å². The second-order valence-corrected chi connectivity index (χ2v) is 11.1. The normalized spacial score (nSPS) is 11.2. The lowest BCUT2D eigenvalue weighted by Gasteiger charge is -2.17. The molecule has 0 aromatic heterocycles. The highest BCUT2D eigenvalue weighted by Gasteiger charge is 2.22. The van der Waals surface area contributed by atoms with Crippen molar-refractivity contribution in [2.45, 2.75) is 18.7 Å². The number of nitrogens with one attached hydrogen (secondary N) is 2. The Balaban J connectivity index is 1.58. The van der Waals surface area contributed by atoms with E-state index in [1.54, 1.807) is 84.9 Å². The van der Waals surface area contributed by atoms with Crippen molar-refractivity contribution in [2.24, 2.45) is 5.14 Å². The van der Waals surface area contributed by atoms with Crippen LogP contribution in [-0.2, 0) is 19.5 Å². The lowest BCUT2D eigenvalue weighted by molar-refractivity contribution is 0.325. The van der Waals surface area contributed by atoms with Gasteiger partial charge in [-0.25, -0.2) is 13.6 Å². The molecular weight excluding hydrogens is 578 g/mol. The number of rotatable bonds is 10. The van der Waals surface area contributed by atoms with Crippen molar-refractivity contribution < 1.29 is 27.4 Å². The molecule has 5 aromatic carbocycles. The van der Waals surface area contributed by atoms with Crippen LogP contribution in [0.2, 0.25) is 0 Å². The first kappa shape index (κ1) is 30.3. The number of hydrogen-bond donors (Lipinski definition) is 3. The summed E-state index contributed by atoms with van der Waals surface area (Å²) in [6, 6.07) is 29.5. The highest BCUT2D eigenvalue weighted by atomic mass is 32.2. The molecule has 0 spiro atoms. The maximum atomic E-state index is 12.9. The van der Waals surface area contributed by atoms with Gasteiger partial charge >= 0.3 is 0 Å². The van der Waals surface area contributed by atoms with Gasteiger partial charge in [0.1, 0.15) is 23.0 Å². The average Bonchev–Trinajstić information content (AvgIpc) is 3.01. The third-order valence-corrected chi connectivity index (χ3v) is 7.69. The molecule has 0 saturated carbocycles. The molecule has 0 saturated heterocycles. The summed E-state index contributed by atoms with van der Waals surface area (Å²) < 4.78 is 48.9. The lowest BCUT2D eigenvalue weighted by atomic mass is 10.00. The summed E-state index contributed by atoms with van der Waals surface area (Å²) in [6.07, 6.45) is 0. The van der Waals surface area contributed by atoms with Crippen LogP contribution in [0.4, 0.5) is 0 Å². The van der Waals surface area contributed by atoms with E-state index < -0.39 is 10.0 Å². The molecule has 0 unspecified atom stereocenters. The molecule has 0 bridgehead atoms. The Hall–Kier alpha value is -5.19. The smallest absolute Gasteiger partial charge is 0.239 e. The molecule has 0 atom stereocenters. The number of hydrogen-bond acceptors (Lipinski definition) is 8.